The summed E-state index contributed by atoms with van der Waals surface area (Å²) >= 11 is 3.50. The van der Waals surface area contributed by atoms with Crippen molar-refractivity contribution < 1.29 is 9.53 Å². The van der Waals surface area contributed by atoms with Crippen molar-refractivity contribution in [1.82, 2.24) is 0 Å². The van der Waals surface area contributed by atoms with Crippen molar-refractivity contribution in [3.8, 4) is 5.75 Å². The normalized spacial score (nSPS) is 17.0. The molecule has 1 aliphatic rings. The van der Waals surface area contributed by atoms with Gasteiger partial charge in [-0.1, -0.05) is 28.1 Å². The van der Waals surface area contributed by atoms with Crippen LogP contribution in [0.15, 0.2) is 46.9 Å². The fourth-order valence-electron chi connectivity index (χ4n) is 2.59. The highest BCUT2D eigenvalue weighted by Gasteiger charge is 2.29. The maximum absolute atomic E-state index is 12.2. The molecule has 0 bridgehead atoms. The van der Waals surface area contributed by atoms with Crippen molar-refractivity contribution in [2.75, 3.05) is 17.3 Å². The molecule has 0 saturated carbocycles. The van der Waals surface area contributed by atoms with Crippen molar-refractivity contribution in [1.29, 1.82) is 0 Å². The maximum Gasteiger partial charge on any atom is 0.246 e. The molecule has 1 atom stereocenters. The van der Waals surface area contributed by atoms with Crippen LogP contribution in [0.1, 0.15) is 12.5 Å². The number of carbonyl (C=O) groups is 1. The minimum atomic E-state index is -0.219. The second-order valence-electron chi connectivity index (χ2n) is 5.30. The average Bonchev–Trinajstić information content (AvgIpc) is 2.53. The molecule has 1 heterocycles. The van der Waals surface area contributed by atoms with Crippen LogP contribution in [0.3, 0.4) is 0 Å². The molecule has 114 valence electrons. The number of nitrogens with one attached hydrogen (secondary N) is 1. The van der Waals surface area contributed by atoms with E-state index in [9.17, 15) is 4.79 Å². The second kappa shape index (κ2) is 6.01. The molecule has 4 nitrogen and oxygen atoms in total. The molecule has 2 aromatic rings. The first-order chi connectivity index (χ1) is 10.6. The molecule has 22 heavy (non-hydrogen) atoms. The number of rotatable bonds is 3. The summed E-state index contributed by atoms with van der Waals surface area (Å²) < 4.78 is 6.18. The standard InChI is InChI=1S/C17H17BrN2O2/c1-11-17(21)19-15-8-5-13(18)9-16(15)20(11)10-12-3-6-14(22-2)7-4-12/h3-9,11H,10H2,1-2H3,(H,19,21). The third kappa shape index (κ3) is 2.81. The van der Waals surface area contributed by atoms with E-state index in [0.29, 0.717) is 6.54 Å². The van der Waals surface area contributed by atoms with Crippen LogP contribution in [0.25, 0.3) is 0 Å². The Balaban J connectivity index is 1.94. The quantitative estimate of drug-likeness (QED) is 0.904. The summed E-state index contributed by atoms with van der Waals surface area (Å²) in [6.07, 6.45) is 0. The minimum absolute atomic E-state index is 0.0170. The van der Waals surface area contributed by atoms with E-state index < -0.39 is 0 Å². The predicted octanol–water partition coefficient (Wildman–Crippen LogP) is 3.80. The van der Waals surface area contributed by atoms with Gasteiger partial charge >= 0.3 is 0 Å². The summed E-state index contributed by atoms with van der Waals surface area (Å²) in [7, 11) is 1.65. The molecule has 1 amide bonds. The fourth-order valence-corrected chi connectivity index (χ4v) is 2.93. The van der Waals surface area contributed by atoms with Gasteiger partial charge in [-0.15, -0.1) is 0 Å². The van der Waals surface area contributed by atoms with Gasteiger partial charge in [0.2, 0.25) is 5.91 Å². The number of amides is 1. The topological polar surface area (TPSA) is 41.6 Å². The molecule has 0 spiro atoms. The van der Waals surface area contributed by atoms with Crippen molar-refractivity contribution in [2.45, 2.75) is 19.5 Å². The fraction of sp³-hybridized carbons (Fsp3) is 0.235. The highest BCUT2D eigenvalue weighted by atomic mass is 79.9. The van der Waals surface area contributed by atoms with Crippen LogP contribution in [0.2, 0.25) is 0 Å². The molecule has 0 fully saturated rings. The largest absolute Gasteiger partial charge is 0.497 e. The molecule has 3 rings (SSSR count). The zero-order chi connectivity index (χ0) is 15.7. The van der Waals surface area contributed by atoms with Crippen LogP contribution in [-0.4, -0.2) is 19.1 Å². The van der Waals surface area contributed by atoms with Gasteiger partial charge < -0.3 is 15.0 Å². The molecular formula is C17H17BrN2O2. The lowest BCUT2D eigenvalue weighted by Crippen LogP contribution is -2.45. The highest BCUT2D eigenvalue weighted by Crippen LogP contribution is 2.35. The summed E-state index contributed by atoms with van der Waals surface area (Å²) in [6.45, 7) is 2.59. The molecule has 1 N–H and O–H groups in total. The minimum Gasteiger partial charge on any atom is -0.497 e. The van der Waals surface area contributed by atoms with E-state index in [0.717, 1.165) is 27.2 Å². The Kier molecular flexibility index (Phi) is 4.07. The lowest BCUT2D eigenvalue weighted by atomic mass is 10.1. The van der Waals surface area contributed by atoms with Gasteiger partial charge in [0.25, 0.3) is 0 Å². The number of ether oxygens (including phenoxy) is 1. The van der Waals surface area contributed by atoms with Gasteiger partial charge in [0.1, 0.15) is 11.8 Å². The van der Waals surface area contributed by atoms with Crippen LogP contribution in [-0.2, 0) is 11.3 Å². The number of hydrogen-bond donors (Lipinski definition) is 1. The smallest absolute Gasteiger partial charge is 0.246 e. The van der Waals surface area contributed by atoms with Gasteiger partial charge in [-0.2, -0.15) is 0 Å². The summed E-state index contributed by atoms with van der Waals surface area (Å²) in [4.78, 5) is 14.3. The van der Waals surface area contributed by atoms with Gasteiger partial charge in [-0.05, 0) is 42.8 Å². The van der Waals surface area contributed by atoms with Gasteiger partial charge in [-0.25, -0.2) is 0 Å². The maximum atomic E-state index is 12.2. The van der Waals surface area contributed by atoms with Crippen molar-refractivity contribution in [2.24, 2.45) is 0 Å². The molecule has 5 heteroatoms. The SMILES string of the molecule is COc1ccc(CN2c3cc(Br)ccc3NC(=O)C2C)cc1. The van der Waals surface area contributed by atoms with Crippen molar-refractivity contribution >= 4 is 33.2 Å². The third-order valence-corrected chi connectivity index (χ3v) is 4.38. The van der Waals surface area contributed by atoms with E-state index in [1.165, 1.54) is 0 Å². The Morgan fingerprint density at radius 3 is 2.64 bits per heavy atom. The van der Waals surface area contributed by atoms with Gasteiger partial charge in [-0.3, -0.25) is 4.79 Å². The summed E-state index contributed by atoms with van der Waals surface area (Å²) in [5, 5.41) is 2.95. The Morgan fingerprint density at radius 2 is 1.95 bits per heavy atom. The number of nitrogens with zero attached hydrogens (tertiary/aromatic N) is 1. The first kappa shape index (κ1) is 14.9. The molecule has 1 aliphatic heterocycles. The number of hydrogen-bond acceptors (Lipinski definition) is 3. The molecule has 0 aliphatic carbocycles. The van der Waals surface area contributed by atoms with Gasteiger partial charge in [0.15, 0.2) is 0 Å². The van der Waals surface area contributed by atoms with E-state index in [1.807, 2.05) is 49.4 Å². The molecule has 0 saturated heterocycles. The third-order valence-electron chi connectivity index (χ3n) is 3.89. The van der Waals surface area contributed by atoms with Crippen molar-refractivity contribution in [3.63, 3.8) is 0 Å². The number of methoxy groups -OCH3 is 1. The zero-order valence-electron chi connectivity index (χ0n) is 12.5. The van der Waals surface area contributed by atoms with Gasteiger partial charge in [0.05, 0.1) is 18.5 Å². The number of anilines is 2. The van der Waals surface area contributed by atoms with E-state index in [4.69, 9.17) is 4.74 Å². The molecular weight excluding hydrogens is 344 g/mol. The second-order valence-corrected chi connectivity index (χ2v) is 6.22. The molecule has 0 aromatic heterocycles. The van der Waals surface area contributed by atoms with Crippen molar-refractivity contribution in [3.05, 3.63) is 52.5 Å². The Hall–Kier alpha value is -2.01. The zero-order valence-corrected chi connectivity index (χ0v) is 14.1. The summed E-state index contributed by atoms with van der Waals surface area (Å²) in [5.41, 5.74) is 3.00. The van der Waals surface area contributed by atoms with Gasteiger partial charge in [0, 0.05) is 11.0 Å². The Morgan fingerprint density at radius 1 is 1.23 bits per heavy atom. The highest BCUT2D eigenvalue weighted by molar-refractivity contribution is 9.10. The number of benzene rings is 2. The lowest BCUT2D eigenvalue weighted by Gasteiger charge is -2.36. The van der Waals surface area contributed by atoms with Crippen LogP contribution in [0.5, 0.6) is 5.75 Å². The lowest BCUT2D eigenvalue weighted by molar-refractivity contribution is -0.117. The first-order valence-electron chi connectivity index (χ1n) is 7.08. The first-order valence-corrected chi connectivity index (χ1v) is 7.88. The van der Waals surface area contributed by atoms with E-state index in [1.54, 1.807) is 7.11 Å². The number of carbonyl (C=O) groups excluding carboxylic acids is 1. The molecule has 1 unspecified atom stereocenters. The van der Waals surface area contributed by atoms with Crippen LogP contribution >= 0.6 is 15.9 Å². The summed E-state index contributed by atoms with van der Waals surface area (Å²) in [6, 6.07) is 13.6. The van der Waals surface area contributed by atoms with E-state index >= 15 is 0 Å². The molecule has 0 radical (unpaired) electrons. The average molecular weight is 361 g/mol. The number of halogens is 1. The summed E-state index contributed by atoms with van der Waals surface area (Å²) in [5.74, 6) is 0.847. The Bertz CT molecular complexity index is 700. The van der Waals surface area contributed by atoms with Crippen LogP contribution in [0.4, 0.5) is 11.4 Å². The number of fused-ring (bicyclic) bond motifs is 1. The van der Waals surface area contributed by atoms with E-state index in [-0.39, 0.29) is 11.9 Å². The van der Waals surface area contributed by atoms with E-state index in [2.05, 4.69) is 26.1 Å². The monoisotopic (exact) mass is 360 g/mol. The van der Waals surface area contributed by atoms with Crippen LogP contribution in [0, 0.1) is 0 Å². The predicted molar refractivity (Wildman–Crippen MR) is 91.4 cm³/mol. The molecule has 2 aromatic carbocycles. The Labute approximate surface area is 138 Å². The van der Waals surface area contributed by atoms with Crippen LogP contribution < -0.4 is 15.0 Å².